The maximum Gasteiger partial charge on any atom is 0.294 e. The maximum absolute atomic E-state index is 14.3. The maximum atomic E-state index is 14.3. The SMILES string of the molecule is COc1nnc(-c2cnc3ccc(-c4cn[nH]c4-c4ccc(F)cc4F)cn23)s1. The molecule has 5 rings (SSSR count). The molecule has 0 spiro atoms. The first-order valence-corrected chi connectivity index (χ1v) is 9.30. The molecule has 1 aromatic carbocycles. The predicted molar refractivity (Wildman–Crippen MR) is 104 cm³/mol. The molecule has 0 amide bonds. The molecule has 5 aromatic rings. The summed E-state index contributed by atoms with van der Waals surface area (Å²) in [7, 11) is 1.53. The lowest BCUT2D eigenvalue weighted by Gasteiger charge is -2.07. The predicted octanol–water partition coefficient (Wildman–Crippen LogP) is 4.20. The fraction of sp³-hybridized carbons (Fsp3) is 0.0526. The van der Waals surface area contributed by atoms with E-state index in [-0.39, 0.29) is 5.56 Å². The number of aromatic nitrogens is 6. The number of imidazole rings is 1. The molecule has 0 atom stereocenters. The van der Waals surface area contributed by atoms with Crippen molar-refractivity contribution in [3.8, 4) is 38.3 Å². The van der Waals surface area contributed by atoms with Crippen LogP contribution in [-0.2, 0) is 0 Å². The summed E-state index contributed by atoms with van der Waals surface area (Å²) in [4.78, 5) is 4.39. The van der Waals surface area contributed by atoms with Gasteiger partial charge in [-0.3, -0.25) is 9.50 Å². The first kappa shape index (κ1) is 17.4. The van der Waals surface area contributed by atoms with Crippen LogP contribution in [0.5, 0.6) is 5.19 Å². The van der Waals surface area contributed by atoms with Gasteiger partial charge in [-0.15, -0.1) is 5.10 Å². The van der Waals surface area contributed by atoms with E-state index in [1.165, 1.54) is 30.6 Å². The highest BCUT2D eigenvalue weighted by Gasteiger charge is 2.17. The van der Waals surface area contributed by atoms with Crippen LogP contribution in [0.4, 0.5) is 8.78 Å². The minimum Gasteiger partial charge on any atom is -0.472 e. The van der Waals surface area contributed by atoms with Gasteiger partial charge < -0.3 is 4.74 Å². The third kappa shape index (κ3) is 2.93. The smallest absolute Gasteiger partial charge is 0.294 e. The highest BCUT2D eigenvalue weighted by atomic mass is 32.1. The third-order valence-electron chi connectivity index (χ3n) is 4.46. The summed E-state index contributed by atoms with van der Waals surface area (Å²) in [5, 5.41) is 16.1. The molecule has 0 aliphatic carbocycles. The number of nitrogens with zero attached hydrogens (tertiary/aromatic N) is 5. The number of aromatic amines is 1. The zero-order valence-electron chi connectivity index (χ0n) is 14.9. The molecule has 1 N–H and O–H groups in total. The lowest BCUT2D eigenvalue weighted by molar-refractivity contribution is 0.407. The topological polar surface area (TPSA) is 81.0 Å². The van der Waals surface area contributed by atoms with Crippen LogP contribution in [-0.4, -0.2) is 36.9 Å². The standard InChI is InChI=1S/C19H12F2N6OS/c1-28-19-26-25-18(29-19)15-8-22-16-5-2-10(9-27(15)16)13-7-23-24-17(13)12-4-3-11(20)6-14(12)21/h2-9H,1H3,(H,23,24). The van der Waals surface area contributed by atoms with Gasteiger partial charge in [0.1, 0.15) is 23.0 Å². The van der Waals surface area contributed by atoms with Crippen LogP contribution in [0.1, 0.15) is 0 Å². The highest BCUT2D eigenvalue weighted by molar-refractivity contribution is 7.16. The van der Waals surface area contributed by atoms with Crippen LogP contribution < -0.4 is 4.74 Å². The Bertz CT molecular complexity index is 1340. The van der Waals surface area contributed by atoms with E-state index in [1.54, 1.807) is 12.4 Å². The minimum absolute atomic E-state index is 0.235. The Hall–Kier alpha value is -3.66. The van der Waals surface area contributed by atoms with Crippen molar-refractivity contribution >= 4 is 17.0 Å². The van der Waals surface area contributed by atoms with Crippen LogP contribution in [0.25, 0.3) is 38.7 Å². The van der Waals surface area contributed by atoms with Gasteiger partial charge in [0.25, 0.3) is 5.19 Å². The number of nitrogens with one attached hydrogen (secondary N) is 1. The normalized spacial score (nSPS) is 11.3. The van der Waals surface area contributed by atoms with Gasteiger partial charge in [0.05, 0.1) is 25.2 Å². The third-order valence-corrected chi connectivity index (χ3v) is 5.36. The summed E-state index contributed by atoms with van der Waals surface area (Å²) >= 11 is 1.30. The largest absolute Gasteiger partial charge is 0.472 e. The van der Waals surface area contributed by atoms with Gasteiger partial charge in [-0.25, -0.2) is 13.8 Å². The second-order valence-electron chi connectivity index (χ2n) is 6.15. The number of halogens is 2. The Labute approximate surface area is 166 Å². The second kappa shape index (κ2) is 6.74. The van der Waals surface area contributed by atoms with Gasteiger partial charge in [0.15, 0.2) is 5.01 Å². The molecule has 0 aliphatic heterocycles. The van der Waals surface area contributed by atoms with Gasteiger partial charge in [0, 0.05) is 29.0 Å². The van der Waals surface area contributed by atoms with Crippen LogP contribution >= 0.6 is 11.3 Å². The van der Waals surface area contributed by atoms with Gasteiger partial charge in [-0.2, -0.15) is 5.10 Å². The molecule has 144 valence electrons. The van der Waals surface area contributed by atoms with Crippen LogP contribution in [0.15, 0.2) is 48.9 Å². The second-order valence-corrected chi connectivity index (χ2v) is 7.09. The average molecular weight is 410 g/mol. The number of methoxy groups -OCH3 is 1. The Morgan fingerprint density at radius 2 is 1.97 bits per heavy atom. The van der Waals surface area contributed by atoms with E-state index in [9.17, 15) is 8.78 Å². The van der Waals surface area contributed by atoms with E-state index >= 15 is 0 Å². The van der Waals surface area contributed by atoms with E-state index in [0.717, 1.165) is 23.0 Å². The number of hydrogen-bond donors (Lipinski definition) is 1. The molecule has 4 aromatic heterocycles. The number of pyridine rings is 1. The van der Waals surface area contributed by atoms with Crippen molar-refractivity contribution < 1.29 is 13.5 Å². The van der Waals surface area contributed by atoms with Crippen LogP contribution in [0.2, 0.25) is 0 Å². The van der Waals surface area contributed by atoms with Gasteiger partial charge in [-0.1, -0.05) is 16.4 Å². The molecule has 0 aliphatic rings. The first-order chi connectivity index (χ1) is 14.1. The van der Waals surface area contributed by atoms with Crippen molar-refractivity contribution in [1.29, 1.82) is 0 Å². The van der Waals surface area contributed by atoms with Crippen molar-refractivity contribution in [3.63, 3.8) is 0 Å². The van der Waals surface area contributed by atoms with Crippen LogP contribution in [0, 0.1) is 11.6 Å². The van der Waals surface area contributed by atoms with Crippen molar-refractivity contribution in [3.05, 3.63) is 60.6 Å². The molecule has 0 saturated carbocycles. The molecule has 0 saturated heterocycles. The van der Waals surface area contributed by atoms with E-state index in [0.29, 0.717) is 21.5 Å². The van der Waals surface area contributed by atoms with Crippen LogP contribution in [0.3, 0.4) is 0 Å². The zero-order valence-corrected chi connectivity index (χ0v) is 15.7. The van der Waals surface area contributed by atoms with E-state index in [2.05, 4.69) is 25.4 Å². The number of fused-ring (bicyclic) bond motifs is 1. The molecule has 7 nitrogen and oxygen atoms in total. The molecular formula is C19H12F2N6OS. The monoisotopic (exact) mass is 410 g/mol. The molecule has 0 fully saturated rings. The molecule has 0 bridgehead atoms. The summed E-state index contributed by atoms with van der Waals surface area (Å²) in [6.45, 7) is 0. The Kier molecular flexibility index (Phi) is 4.06. The molecular weight excluding hydrogens is 398 g/mol. The molecule has 29 heavy (non-hydrogen) atoms. The summed E-state index contributed by atoms with van der Waals surface area (Å²) < 4.78 is 34.6. The fourth-order valence-corrected chi connectivity index (χ4v) is 3.76. The Morgan fingerprint density at radius 1 is 1.07 bits per heavy atom. The van der Waals surface area contributed by atoms with Crippen molar-refractivity contribution in [2.45, 2.75) is 0 Å². The molecule has 10 heteroatoms. The van der Waals surface area contributed by atoms with E-state index < -0.39 is 11.6 Å². The first-order valence-electron chi connectivity index (χ1n) is 8.48. The Balaban J connectivity index is 1.64. The number of H-pyrrole nitrogens is 1. The fourth-order valence-electron chi connectivity index (χ4n) is 3.10. The van der Waals surface area contributed by atoms with Gasteiger partial charge in [0.2, 0.25) is 0 Å². The number of benzene rings is 1. The minimum atomic E-state index is -0.666. The lowest BCUT2D eigenvalue weighted by atomic mass is 10.0. The Morgan fingerprint density at radius 3 is 2.76 bits per heavy atom. The summed E-state index contributed by atoms with van der Waals surface area (Å²) in [5.74, 6) is -1.30. The highest BCUT2D eigenvalue weighted by Crippen LogP contribution is 2.34. The van der Waals surface area contributed by atoms with Crippen molar-refractivity contribution in [1.82, 2.24) is 29.8 Å². The zero-order chi connectivity index (χ0) is 20.0. The summed E-state index contributed by atoms with van der Waals surface area (Å²) in [6, 6.07) is 7.15. The van der Waals surface area contributed by atoms with E-state index in [1.807, 2.05) is 22.7 Å². The summed E-state index contributed by atoms with van der Waals surface area (Å²) in [5.41, 5.74) is 3.61. The lowest BCUT2D eigenvalue weighted by Crippen LogP contribution is -1.92. The number of ether oxygens (including phenoxy) is 1. The molecule has 0 unspecified atom stereocenters. The van der Waals surface area contributed by atoms with Gasteiger partial charge >= 0.3 is 0 Å². The summed E-state index contributed by atoms with van der Waals surface area (Å²) in [6.07, 6.45) is 5.17. The molecule has 0 radical (unpaired) electrons. The number of hydrogen-bond acceptors (Lipinski definition) is 6. The van der Waals surface area contributed by atoms with Crippen molar-refractivity contribution in [2.75, 3.05) is 7.11 Å². The quantitative estimate of drug-likeness (QED) is 0.480. The van der Waals surface area contributed by atoms with E-state index in [4.69, 9.17) is 4.74 Å². The molecule has 4 heterocycles. The van der Waals surface area contributed by atoms with Gasteiger partial charge in [-0.05, 0) is 24.3 Å². The van der Waals surface area contributed by atoms with Crippen molar-refractivity contribution in [2.24, 2.45) is 0 Å². The number of rotatable bonds is 4. The average Bonchev–Trinajstić information content (AvgIpc) is 3.46.